The van der Waals surface area contributed by atoms with Crippen LogP contribution >= 0.6 is 0 Å². The molecule has 0 aromatic carbocycles. The number of aliphatic hydroxyl groups excluding tert-OH is 1. The lowest BCUT2D eigenvalue weighted by molar-refractivity contribution is -0.0522. The first kappa shape index (κ1) is 21.9. The van der Waals surface area contributed by atoms with E-state index in [1.54, 1.807) is 5.57 Å². The molecule has 0 amide bonds. The van der Waals surface area contributed by atoms with Gasteiger partial charge in [-0.15, -0.1) is 0 Å². The number of hydrogen-bond acceptors (Lipinski definition) is 2. The molecule has 2 radical (unpaired) electrons. The summed E-state index contributed by atoms with van der Waals surface area (Å²) in [7, 11) is 5.80. The second kappa shape index (κ2) is 8.34. The predicted molar refractivity (Wildman–Crippen MR) is 121 cm³/mol. The molecule has 3 aliphatic carbocycles. The summed E-state index contributed by atoms with van der Waals surface area (Å²) in [6.45, 7) is 10.7. The standard InChI is InChI=1S/C26H43BO2/c1-17(15-27)6-5-7-18(2)24-26(4)13-11-22-21(23(26)16-29-24)9-8-19-14-20(28)10-12-25(19,22)3/h8,17-18,20-24,28H,5-7,9-16H2,1-4H3/t17?,18-,20?,21?,22?,23?,24?,25?,26?/m1/s1. The fraction of sp³-hybridized carbons (Fsp3) is 0.923. The van der Waals surface area contributed by atoms with Gasteiger partial charge in [-0.3, -0.25) is 0 Å². The molecule has 8 unspecified atom stereocenters. The lowest BCUT2D eigenvalue weighted by Crippen LogP contribution is -2.52. The van der Waals surface area contributed by atoms with Gasteiger partial charge >= 0.3 is 0 Å². The van der Waals surface area contributed by atoms with Gasteiger partial charge in [0.05, 0.1) is 26.7 Å². The van der Waals surface area contributed by atoms with Crippen molar-refractivity contribution in [3.05, 3.63) is 11.6 Å². The second-order valence-corrected chi connectivity index (χ2v) is 11.7. The van der Waals surface area contributed by atoms with Gasteiger partial charge in [0.1, 0.15) is 0 Å². The van der Waals surface area contributed by atoms with Gasteiger partial charge in [0.15, 0.2) is 0 Å². The van der Waals surface area contributed by atoms with Crippen LogP contribution in [0.5, 0.6) is 0 Å². The second-order valence-electron chi connectivity index (χ2n) is 11.7. The average molecular weight is 398 g/mol. The summed E-state index contributed by atoms with van der Waals surface area (Å²) in [5.41, 5.74) is 2.24. The van der Waals surface area contributed by atoms with Crippen molar-refractivity contribution in [2.45, 2.75) is 104 Å². The Morgan fingerprint density at radius 3 is 2.72 bits per heavy atom. The van der Waals surface area contributed by atoms with E-state index in [1.165, 1.54) is 44.9 Å². The molecule has 162 valence electrons. The molecule has 3 heteroatoms. The Morgan fingerprint density at radius 2 is 1.97 bits per heavy atom. The normalized spacial score (nSPS) is 46.2. The third-order valence-electron chi connectivity index (χ3n) is 9.90. The summed E-state index contributed by atoms with van der Waals surface area (Å²) >= 11 is 0. The minimum Gasteiger partial charge on any atom is -0.393 e. The van der Waals surface area contributed by atoms with E-state index >= 15 is 0 Å². The van der Waals surface area contributed by atoms with Gasteiger partial charge in [-0.25, -0.2) is 0 Å². The predicted octanol–water partition coefficient (Wildman–Crippen LogP) is 5.94. The molecule has 0 spiro atoms. The third kappa shape index (κ3) is 3.77. The fourth-order valence-corrected chi connectivity index (χ4v) is 7.93. The van der Waals surface area contributed by atoms with Crippen LogP contribution in [0.25, 0.3) is 0 Å². The summed E-state index contributed by atoms with van der Waals surface area (Å²) in [6.07, 6.45) is 14.4. The Hall–Kier alpha value is -0.275. The van der Waals surface area contributed by atoms with Crippen LogP contribution in [0.4, 0.5) is 0 Å². The van der Waals surface area contributed by atoms with Crippen molar-refractivity contribution >= 4 is 7.85 Å². The van der Waals surface area contributed by atoms with Crippen LogP contribution in [-0.2, 0) is 4.74 Å². The highest BCUT2D eigenvalue weighted by molar-refractivity contribution is 6.08. The number of allylic oxidation sites excluding steroid dienone is 1. The van der Waals surface area contributed by atoms with Crippen LogP contribution < -0.4 is 0 Å². The zero-order chi connectivity index (χ0) is 20.8. The lowest BCUT2D eigenvalue weighted by Gasteiger charge is -2.57. The van der Waals surface area contributed by atoms with E-state index in [0.29, 0.717) is 34.7 Å². The minimum atomic E-state index is -0.109. The Kier molecular flexibility index (Phi) is 6.31. The number of rotatable bonds is 6. The van der Waals surface area contributed by atoms with E-state index in [2.05, 4.69) is 33.8 Å². The SMILES string of the molecule is [B]CC(C)CCC[C@@H](C)C1OCC2C3CC=C4CC(O)CCC4(C)C3CCC21C. The maximum absolute atomic E-state index is 10.2. The molecule has 1 aliphatic heterocycles. The van der Waals surface area contributed by atoms with Gasteiger partial charge in [-0.1, -0.05) is 64.4 Å². The van der Waals surface area contributed by atoms with Crippen molar-refractivity contribution in [2.75, 3.05) is 6.61 Å². The average Bonchev–Trinajstić information content (AvgIpc) is 3.05. The number of fused-ring (bicyclic) bond motifs is 5. The zero-order valence-corrected chi connectivity index (χ0v) is 19.3. The molecule has 2 saturated carbocycles. The summed E-state index contributed by atoms with van der Waals surface area (Å²) in [4.78, 5) is 0. The molecule has 1 heterocycles. The number of aliphatic hydroxyl groups is 1. The molecule has 2 nitrogen and oxygen atoms in total. The van der Waals surface area contributed by atoms with Crippen LogP contribution in [0.3, 0.4) is 0 Å². The maximum Gasteiger partial charge on any atom is 0.0657 e. The zero-order valence-electron chi connectivity index (χ0n) is 19.3. The van der Waals surface area contributed by atoms with E-state index in [0.717, 1.165) is 37.6 Å². The van der Waals surface area contributed by atoms with Gasteiger partial charge in [-0.2, -0.15) is 0 Å². The summed E-state index contributed by atoms with van der Waals surface area (Å²) in [5.74, 6) is 3.55. The molecule has 0 aromatic heterocycles. The summed E-state index contributed by atoms with van der Waals surface area (Å²) in [5, 5.41) is 10.2. The van der Waals surface area contributed by atoms with Crippen molar-refractivity contribution in [3.63, 3.8) is 0 Å². The van der Waals surface area contributed by atoms with Crippen molar-refractivity contribution in [1.29, 1.82) is 0 Å². The molecule has 3 fully saturated rings. The van der Waals surface area contributed by atoms with Crippen molar-refractivity contribution in [2.24, 2.45) is 40.4 Å². The van der Waals surface area contributed by atoms with Gasteiger partial charge in [-0.05, 0) is 79.4 Å². The van der Waals surface area contributed by atoms with E-state index < -0.39 is 0 Å². The first-order valence-corrected chi connectivity index (χ1v) is 12.5. The smallest absolute Gasteiger partial charge is 0.0657 e. The van der Waals surface area contributed by atoms with Crippen LogP contribution in [0.1, 0.15) is 85.5 Å². The first-order chi connectivity index (χ1) is 13.8. The molecule has 9 atom stereocenters. The van der Waals surface area contributed by atoms with Crippen molar-refractivity contribution in [1.82, 2.24) is 0 Å². The highest BCUT2D eigenvalue weighted by Gasteiger charge is 2.60. The van der Waals surface area contributed by atoms with Crippen LogP contribution in [0, 0.1) is 40.4 Å². The van der Waals surface area contributed by atoms with Crippen molar-refractivity contribution < 1.29 is 9.84 Å². The fourth-order valence-electron chi connectivity index (χ4n) is 7.93. The molecule has 0 bridgehead atoms. The Bertz CT molecular complexity index is 618. The van der Waals surface area contributed by atoms with Crippen LogP contribution in [0.2, 0.25) is 6.32 Å². The monoisotopic (exact) mass is 398 g/mol. The van der Waals surface area contributed by atoms with E-state index in [9.17, 15) is 5.11 Å². The molecule has 1 saturated heterocycles. The summed E-state index contributed by atoms with van der Waals surface area (Å²) in [6, 6.07) is 0. The lowest BCUT2D eigenvalue weighted by atomic mass is 9.47. The van der Waals surface area contributed by atoms with Crippen LogP contribution in [0.15, 0.2) is 11.6 Å². The molecular formula is C26H43BO2. The number of hydrogen-bond donors (Lipinski definition) is 1. The maximum atomic E-state index is 10.2. The molecule has 0 aromatic rings. The van der Waals surface area contributed by atoms with Crippen molar-refractivity contribution in [3.8, 4) is 0 Å². The van der Waals surface area contributed by atoms with Gasteiger partial charge in [0.2, 0.25) is 0 Å². The molecular weight excluding hydrogens is 355 g/mol. The Labute approximate surface area is 180 Å². The molecule has 4 aliphatic rings. The Morgan fingerprint density at radius 1 is 1.17 bits per heavy atom. The Balaban J connectivity index is 1.46. The topological polar surface area (TPSA) is 29.5 Å². The summed E-state index contributed by atoms with van der Waals surface area (Å²) < 4.78 is 6.60. The largest absolute Gasteiger partial charge is 0.393 e. The van der Waals surface area contributed by atoms with E-state index in [4.69, 9.17) is 12.6 Å². The molecule has 4 rings (SSSR count). The first-order valence-electron chi connectivity index (χ1n) is 12.5. The number of ether oxygens (including phenoxy) is 1. The quantitative estimate of drug-likeness (QED) is 0.443. The van der Waals surface area contributed by atoms with Gasteiger partial charge in [0, 0.05) is 0 Å². The van der Waals surface area contributed by atoms with Crippen LogP contribution in [-0.4, -0.2) is 31.8 Å². The molecule has 1 N–H and O–H groups in total. The van der Waals surface area contributed by atoms with E-state index in [1.807, 2.05) is 0 Å². The molecule has 29 heavy (non-hydrogen) atoms. The third-order valence-corrected chi connectivity index (χ3v) is 9.90. The highest BCUT2D eigenvalue weighted by atomic mass is 16.5. The van der Waals surface area contributed by atoms with Gasteiger partial charge in [0.25, 0.3) is 0 Å². The van der Waals surface area contributed by atoms with Gasteiger partial charge < -0.3 is 9.84 Å². The minimum absolute atomic E-state index is 0.109. The van der Waals surface area contributed by atoms with E-state index in [-0.39, 0.29) is 6.10 Å². The highest BCUT2D eigenvalue weighted by Crippen LogP contribution is 2.64.